The highest BCUT2D eigenvalue weighted by Gasteiger charge is 2.62. The molecule has 2 saturated carbocycles. The number of rotatable bonds is 18. The third-order valence-corrected chi connectivity index (χ3v) is 13.0. The quantitative estimate of drug-likeness (QED) is 0.0998. The van der Waals surface area contributed by atoms with Gasteiger partial charge in [-0.25, -0.2) is 0 Å². The van der Waals surface area contributed by atoms with Gasteiger partial charge in [-0.15, -0.1) is 0 Å². The van der Waals surface area contributed by atoms with Gasteiger partial charge in [0, 0.05) is 73.6 Å². The molecule has 0 spiro atoms. The maximum absolute atomic E-state index is 15.4. The monoisotopic (exact) mass is 745 g/mol. The number of fused-ring (bicyclic) bond motifs is 7. The van der Waals surface area contributed by atoms with Gasteiger partial charge in [-0.1, -0.05) is 68.5 Å². The topological polar surface area (TPSA) is 78.8 Å². The Hall–Kier alpha value is -3.98. The summed E-state index contributed by atoms with van der Waals surface area (Å²) in [4.78, 5) is 33.4. The van der Waals surface area contributed by atoms with Crippen LogP contribution in [0.3, 0.4) is 0 Å². The van der Waals surface area contributed by atoms with Crippen LogP contribution in [0.15, 0.2) is 66.7 Å². The van der Waals surface area contributed by atoms with Crippen molar-refractivity contribution in [3.63, 3.8) is 0 Å². The number of nitrogens with one attached hydrogen (secondary N) is 2. The highest BCUT2D eigenvalue weighted by atomic mass is 16.5. The van der Waals surface area contributed by atoms with Crippen LogP contribution >= 0.6 is 0 Å². The first kappa shape index (κ1) is 39.3. The first-order valence-electron chi connectivity index (χ1n) is 20.9. The molecule has 1 amide bonds. The maximum atomic E-state index is 15.4. The summed E-state index contributed by atoms with van der Waals surface area (Å²) >= 11 is 0. The smallest absolute Gasteiger partial charge is 0.251 e. The zero-order valence-electron chi connectivity index (χ0n) is 34.0. The van der Waals surface area contributed by atoms with Gasteiger partial charge in [-0.2, -0.15) is 0 Å². The van der Waals surface area contributed by atoms with Crippen molar-refractivity contribution in [2.24, 2.45) is 5.41 Å². The Morgan fingerprint density at radius 2 is 1.75 bits per heavy atom. The molecule has 8 nitrogen and oxygen atoms in total. The first-order chi connectivity index (χ1) is 26.8. The summed E-state index contributed by atoms with van der Waals surface area (Å²) in [6.45, 7) is 4.33. The van der Waals surface area contributed by atoms with E-state index < -0.39 is 5.41 Å². The normalized spacial score (nSPS) is 19.8. The molecule has 3 atom stereocenters. The predicted octanol–water partition coefficient (Wildman–Crippen LogP) is 8.38. The van der Waals surface area contributed by atoms with Crippen LogP contribution in [0.1, 0.15) is 110 Å². The van der Waals surface area contributed by atoms with Crippen molar-refractivity contribution in [2.45, 2.75) is 102 Å². The Morgan fingerprint density at radius 1 is 0.945 bits per heavy atom. The van der Waals surface area contributed by atoms with Gasteiger partial charge < -0.3 is 24.8 Å². The number of likely N-dealkylation sites (N-methyl/N-ethyl adjacent to an activating group) is 1. The van der Waals surface area contributed by atoms with Gasteiger partial charge in [0.25, 0.3) is 5.91 Å². The third kappa shape index (κ3) is 8.28. The minimum Gasteiger partial charge on any atom is -0.497 e. The van der Waals surface area contributed by atoms with E-state index >= 15 is 4.79 Å². The van der Waals surface area contributed by atoms with Gasteiger partial charge >= 0.3 is 0 Å². The number of benzene rings is 3. The fourth-order valence-corrected chi connectivity index (χ4v) is 9.89. The molecule has 2 N–H and O–H groups in total. The Balaban J connectivity index is 1.31. The minimum atomic E-state index is -0.518. The lowest BCUT2D eigenvalue weighted by molar-refractivity contribution is -0.126. The summed E-state index contributed by atoms with van der Waals surface area (Å²) in [5, 5.41) is 7.38. The van der Waals surface area contributed by atoms with E-state index in [2.05, 4.69) is 99.8 Å². The largest absolute Gasteiger partial charge is 0.497 e. The second-order valence-corrected chi connectivity index (χ2v) is 16.9. The van der Waals surface area contributed by atoms with Crippen molar-refractivity contribution in [1.82, 2.24) is 25.0 Å². The van der Waals surface area contributed by atoms with Crippen LogP contribution < -0.4 is 15.4 Å². The van der Waals surface area contributed by atoms with Crippen molar-refractivity contribution < 1.29 is 14.3 Å². The summed E-state index contributed by atoms with van der Waals surface area (Å²) in [6.07, 6.45) is 11.9. The lowest BCUT2D eigenvalue weighted by Crippen LogP contribution is -2.42. The highest BCUT2D eigenvalue weighted by Crippen LogP contribution is 2.66. The highest BCUT2D eigenvalue weighted by molar-refractivity contribution is 6.02. The number of ketones is 1. The predicted molar refractivity (Wildman–Crippen MR) is 224 cm³/mol. The number of Topliss-reactive ketones (excluding diaryl/α,β-unsaturated/α-hetero) is 1. The van der Waals surface area contributed by atoms with Gasteiger partial charge in [-0.05, 0) is 113 Å². The summed E-state index contributed by atoms with van der Waals surface area (Å²) in [7, 11) is 9.73. The fourth-order valence-electron chi connectivity index (χ4n) is 9.89. The van der Waals surface area contributed by atoms with E-state index in [9.17, 15) is 4.79 Å². The molecule has 1 aliphatic heterocycles. The van der Waals surface area contributed by atoms with Crippen molar-refractivity contribution in [2.75, 3.05) is 54.9 Å². The zero-order valence-corrected chi connectivity index (χ0v) is 34.0. The molecule has 0 radical (unpaired) electrons. The number of amides is 1. The van der Waals surface area contributed by atoms with Gasteiger partial charge in [0.1, 0.15) is 11.5 Å². The van der Waals surface area contributed by atoms with Crippen LogP contribution in [0.25, 0.3) is 22.2 Å². The summed E-state index contributed by atoms with van der Waals surface area (Å²) in [5.74, 6) is 1.71. The van der Waals surface area contributed by atoms with Crippen molar-refractivity contribution in [3.8, 4) is 17.0 Å². The van der Waals surface area contributed by atoms with E-state index in [-0.39, 0.29) is 17.9 Å². The van der Waals surface area contributed by atoms with Crippen LogP contribution in [0.4, 0.5) is 0 Å². The van der Waals surface area contributed by atoms with Crippen molar-refractivity contribution >= 4 is 22.6 Å². The molecule has 2 fully saturated rings. The standard InChI is InChI=1S/C47H63N5O3/c1-48-24-14-8-13-19-36(51(26-25-50(3)4)31-33-15-9-6-10-16-33)28-43(53)47-30-41(47)40-29-37(55-5)21-23-38(40)45-44(34-17-11-7-12-18-34)39-22-20-35(46(54)49-2)27-42(39)52(45)32-47/h6,9-10,15-16,20-23,27,29,34,36,41,48H,7-8,11-14,17-19,24-26,28,30-32H2,1-5H3,(H,49,54). The van der Waals surface area contributed by atoms with Crippen LogP contribution in [-0.4, -0.2) is 87.0 Å². The molecule has 3 unspecified atom stereocenters. The summed E-state index contributed by atoms with van der Waals surface area (Å²) in [6, 6.07) is 23.7. The molecular weight excluding hydrogens is 683 g/mol. The van der Waals surface area contributed by atoms with E-state index in [0.29, 0.717) is 30.2 Å². The number of unbranched alkanes of at least 4 members (excludes halogenated alkanes) is 2. The van der Waals surface area contributed by atoms with E-state index in [1.165, 1.54) is 65.4 Å². The van der Waals surface area contributed by atoms with Crippen LogP contribution in [0.2, 0.25) is 0 Å². The minimum absolute atomic E-state index is 0.0840. The molecule has 4 aromatic rings. The Morgan fingerprint density at radius 3 is 2.47 bits per heavy atom. The average Bonchev–Trinajstić information content (AvgIpc) is 3.89. The summed E-state index contributed by atoms with van der Waals surface area (Å²) in [5.41, 5.74) is 7.65. The number of ether oxygens (including phenoxy) is 1. The molecule has 8 heteroatoms. The maximum Gasteiger partial charge on any atom is 0.251 e. The van der Waals surface area contributed by atoms with E-state index in [0.717, 1.165) is 69.5 Å². The lowest BCUT2D eigenvalue weighted by atomic mass is 9.81. The van der Waals surface area contributed by atoms with Gasteiger partial charge in [0.15, 0.2) is 0 Å². The molecule has 3 aliphatic rings. The number of hydrogen-bond donors (Lipinski definition) is 2. The molecular formula is C47H63N5O3. The number of aromatic nitrogens is 1. The van der Waals surface area contributed by atoms with Gasteiger partial charge in [0.05, 0.1) is 18.2 Å². The Kier molecular flexibility index (Phi) is 12.4. The van der Waals surface area contributed by atoms with Crippen molar-refractivity contribution in [1.29, 1.82) is 0 Å². The number of methoxy groups -OCH3 is 1. The number of nitrogens with zero attached hydrogens (tertiary/aromatic N) is 3. The second-order valence-electron chi connectivity index (χ2n) is 16.9. The number of carbonyl (C=O) groups excluding carboxylic acids is 2. The van der Waals surface area contributed by atoms with Crippen LogP contribution in [0.5, 0.6) is 5.75 Å². The van der Waals surface area contributed by atoms with Crippen LogP contribution in [-0.2, 0) is 17.9 Å². The fraction of sp³-hybridized carbons (Fsp3) is 0.532. The average molecular weight is 746 g/mol. The first-order valence-corrected chi connectivity index (χ1v) is 20.9. The molecule has 2 aliphatic carbocycles. The molecule has 1 aromatic heterocycles. The molecule has 7 rings (SSSR count). The van der Waals surface area contributed by atoms with E-state index in [1.807, 2.05) is 13.1 Å². The van der Waals surface area contributed by atoms with E-state index in [1.54, 1.807) is 14.2 Å². The lowest BCUT2D eigenvalue weighted by Gasteiger charge is -2.34. The third-order valence-electron chi connectivity index (χ3n) is 13.0. The second kappa shape index (κ2) is 17.4. The molecule has 0 bridgehead atoms. The van der Waals surface area contributed by atoms with Gasteiger partial charge in [0.2, 0.25) is 0 Å². The number of carbonyl (C=O) groups is 2. The summed E-state index contributed by atoms with van der Waals surface area (Å²) < 4.78 is 8.32. The Labute approximate surface area is 329 Å². The Bertz CT molecular complexity index is 1950. The van der Waals surface area contributed by atoms with E-state index in [4.69, 9.17) is 4.74 Å². The molecule has 294 valence electrons. The molecule has 0 saturated heterocycles. The molecule has 2 heterocycles. The van der Waals surface area contributed by atoms with Crippen molar-refractivity contribution in [3.05, 3.63) is 89.0 Å². The van der Waals surface area contributed by atoms with Gasteiger partial charge in [-0.3, -0.25) is 14.5 Å². The van der Waals surface area contributed by atoms with Crippen LogP contribution in [0, 0.1) is 5.41 Å². The zero-order chi connectivity index (χ0) is 38.5. The molecule has 55 heavy (non-hydrogen) atoms. The molecule has 3 aromatic carbocycles. The SMILES string of the molecule is CNCCCCCC(CC(=O)C12CC1c1cc(OC)ccc1-c1c(C3CCCCC3)c3ccc(C(=O)NC)cc3n1C2)N(CCN(C)C)Cc1ccccc1. The number of hydrogen-bond acceptors (Lipinski definition) is 6.